The van der Waals surface area contributed by atoms with E-state index in [9.17, 15) is 13.2 Å². The summed E-state index contributed by atoms with van der Waals surface area (Å²) in [6, 6.07) is 4.67. The minimum absolute atomic E-state index is 0.0541. The fourth-order valence-corrected chi connectivity index (χ4v) is 3.98. The zero-order chi connectivity index (χ0) is 18.6. The highest BCUT2D eigenvalue weighted by molar-refractivity contribution is 7.89. The van der Waals surface area contributed by atoms with Crippen molar-refractivity contribution in [1.82, 2.24) is 14.7 Å². The van der Waals surface area contributed by atoms with Gasteiger partial charge < -0.3 is 4.42 Å². The largest absolute Gasteiger partial charge is 0.471 e. The highest BCUT2D eigenvalue weighted by Crippen LogP contribution is 2.15. The Morgan fingerprint density at radius 2 is 2.08 bits per heavy atom. The normalized spacial score (nSPS) is 11.6. The Hall–Kier alpha value is -2.36. The maximum absolute atomic E-state index is 12.2. The molecular formula is C17H17N3O4S2. The molecule has 0 radical (unpaired) electrons. The van der Waals surface area contributed by atoms with Crippen LogP contribution < -0.4 is 4.72 Å². The summed E-state index contributed by atoms with van der Waals surface area (Å²) in [5.41, 5.74) is 1.03. The Morgan fingerprint density at radius 1 is 1.23 bits per heavy atom. The molecule has 3 heterocycles. The predicted octanol–water partition coefficient (Wildman–Crippen LogP) is 2.73. The lowest BCUT2D eigenvalue weighted by Gasteiger charge is -2.05. The number of sulfonamides is 1. The Labute approximate surface area is 155 Å². The van der Waals surface area contributed by atoms with E-state index in [1.165, 1.54) is 18.5 Å². The molecule has 3 aromatic rings. The number of Topliss-reactive ketones (excluding diaryl/α,β-unsaturated/α-hetero) is 1. The van der Waals surface area contributed by atoms with E-state index in [4.69, 9.17) is 4.42 Å². The van der Waals surface area contributed by atoms with Gasteiger partial charge in [-0.25, -0.2) is 18.1 Å². The van der Waals surface area contributed by atoms with Crippen molar-refractivity contribution in [3.8, 4) is 0 Å². The van der Waals surface area contributed by atoms with E-state index in [0.29, 0.717) is 24.1 Å². The summed E-state index contributed by atoms with van der Waals surface area (Å²) in [7, 11) is -3.62. The van der Waals surface area contributed by atoms with Crippen molar-refractivity contribution < 1.29 is 17.6 Å². The van der Waals surface area contributed by atoms with Gasteiger partial charge in [0.25, 0.3) is 0 Å². The minimum Gasteiger partial charge on any atom is -0.471 e. The number of thiazole rings is 1. The van der Waals surface area contributed by atoms with Crippen molar-refractivity contribution in [2.75, 3.05) is 0 Å². The number of carbonyl (C=O) groups excluding carboxylic acids is 1. The lowest BCUT2D eigenvalue weighted by molar-refractivity contribution is 0.0978. The Balaban J connectivity index is 1.55. The molecule has 7 nitrogen and oxygen atoms in total. The number of carbonyl (C=O) groups is 1. The van der Waals surface area contributed by atoms with Crippen LogP contribution in [0.1, 0.15) is 32.4 Å². The van der Waals surface area contributed by atoms with E-state index >= 15 is 0 Å². The van der Waals surface area contributed by atoms with E-state index < -0.39 is 10.0 Å². The van der Waals surface area contributed by atoms with Gasteiger partial charge in [0, 0.05) is 30.2 Å². The van der Waals surface area contributed by atoms with Crippen LogP contribution in [0.5, 0.6) is 0 Å². The summed E-state index contributed by atoms with van der Waals surface area (Å²) >= 11 is 1.58. The predicted molar refractivity (Wildman–Crippen MR) is 96.5 cm³/mol. The van der Waals surface area contributed by atoms with Crippen LogP contribution in [0.2, 0.25) is 0 Å². The third-order valence-corrected chi connectivity index (χ3v) is 6.00. The molecule has 26 heavy (non-hydrogen) atoms. The zero-order valence-electron chi connectivity index (χ0n) is 14.0. The monoisotopic (exact) mass is 391 g/mol. The molecule has 1 N–H and O–H groups in total. The molecule has 0 unspecified atom stereocenters. The molecule has 0 fully saturated rings. The van der Waals surface area contributed by atoms with Gasteiger partial charge in [-0.2, -0.15) is 0 Å². The Bertz CT molecular complexity index is 977. The van der Waals surface area contributed by atoms with E-state index in [1.54, 1.807) is 29.7 Å². The fourth-order valence-electron chi connectivity index (χ4n) is 2.25. The first-order valence-corrected chi connectivity index (χ1v) is 10.2. The van der Waals surface area contributed by atoms with Crippen molar-refractivity contribution in [2.24, 2.45) is 0 Å². The molecule has 0 aromatic carbocycles. The van der Waals surface area contributed by atoms with Crippen molar-refractivity contribution >= 4 is 27.1 Å². The van der Waals surface area contributed by atoms with Gasteiger partial charge in [-0.05, 0) is 31.0 Å². The molecule has 0 aliphatic rings. The fraction of sp³-hybridized carbons (Fsp3) is 0.235. The maximum atomic E-state index is 12.2. The number of hydrogen-bond acceptors (Lipinski definition) is 7. The van der Waals surface area contributed by atoms with E-state index in [0.717, 1.165) is 16.1 Å². The molecule has 0 bridgehead atoms. The summed E-state index contributed by atoms with van der Waals surface area (Å²) < 4.78 is 31.3. The number of hydrogen-bond donors (Lipinski definition) is 1. The summed E-state index contributed by atoms with van der Waals surface area (Å²) in [4.78, 5) is 21.7. The van der Waals surface area contributed by atoms with Crippen LogP contribution in [0.4, 0.5) is 0 Å². The van der Waals surface area contributed by atoms with Crippen molar-refractivity contribution in [2.45, 2.75) is 31.2 Å². The molecule has 0 amide bonds. The number of furan rings is 1. The highest BCUT2D eigenvalue weighted by Gasteiger charge is 2.15. The van der Waals surface area contributed by atoms with Crippen LogP contribution in [0.3, 0.4) is 0 Å². The number of aryl methyl sites for hydroxylation is 2. The number of aromatic nitrogens is 2. The van der Waals surface area contributed by atoms with Gasteiger partial charge in [-0.3, -0.25) is 9.78 Å². The maximum Gasteiger partial charge on any atom is 0.244 e. The Morgan fingerprint density at radius 3 is 2.69 bits per heavy atom. The van der Waals surface area contributed by atoms with Crippen molar-refractivity contribution in [3.05, 3.63) is 64.3 Å². The first-order valence-electron chi connectivity index (χ1n) is 7.85. The smallest absolute Gasteiger partial charge is 0.244 e. The van der Waals surface area contributed by atoms with Crippen LogP contribution in [0.15, 0.2) is 52.4 Å². The second-order valence-electron chi connectivity index (χ2n) is 5.60. The molecule has 0 atom stereocenters. The summed E-state index contributed by atoms with van der Waals surface area (Å²) in [6.07, 6.45) is 6.74. The first kappa shape index (κ1) is 18.4. The second kappa shape index (κ2) is 7.90. The topological polar surface area (TPSA) is 102 Å². The number of nitrogens with zero attached hydrogens (tertiary/aromatic N) is 2. The number of pyridine rings is 1. The van der Waals surface area contributed by atoms with Crippen LogP contribution >= 0.6 is 11.3 Å². The SMILES string of the molecule is Cc1ncc(CCC(=O)c2ccc(CNS(=O)(=O)c3ccoc3)cn2)s1. The number of rotatable bonds is 8. The average Bonchev–Trinajstić information content (AvgIpc) is 3.30. The zero-order valence-corrected chi connectivity index (χ0v) is 15.6. The van der Waals surface area contributed by atoms with Gasteiger partial charge in [0.2, 0.25) is 10.0 Å². The minimum atomic E-state index is -3.62. The number of nitrogens with one attached hydrogen (secondary N) is 1. The van der Waals surface area contributed by atoms with E-state index in [2.05, 4.69) is 14.7 Å². The lowest BCUT2D eigenvalue weighted by atomic mass is 10.1. The van der Waals surface area contributed by atoms with Gasteiger partial charge in [-0.15, -0.1) is 11.3 Å². The van der Waals surface area contributed by atoms with Gasteiger partial charge in [0.05, 0.1) is 11.3 Å². The summed E-state index contributed by atoms with van der Waals surface area (Å²) in [5.74, 6) is -0.0541. The van der Waals surface area contributed by atoms with Crippen LogP contribution in [0, 0.1) is 6.92 Å². The molecule has 9 heteroatoms. The molecule has 0 saturated heterocycles. The van der Waals surface area contributed by atoms with Crippen molar-refractivity contribution in [1.29, 1.82) is 0 Å². The third-order valence-electron chi connectivity index (χ3n) is 3.65. The van der Waals surface area contributed by atoms with Gasteiger partial charge in [0.15, 0.2) is 5.78 Å². The summed E-state index contributed by atoms with van der Waals surface area (Å²) in [6.45, 7) is 2.01. The van der Waals surface area contributed by atoms with Gasteiger partial charge in [-0.1, -0.05) is 6.07 Å². The van der Waals surface area contributed by atoms with Crippen LogP contribution in [0.25, 0.3) is 0 Å². The van der Waals surface area contributed by atoms with Gasteiger partial charge >= 0.3 is 0 Å². The second-order valence-corrected chi connectivity index (χ2v) is 8.69. The quantitative estimate of drug-likeness (QED) is 0.592. The Kier molecular flexibility index (Phi) is 5.60. The molecule has 136 valence electrons. The molecule has 0 spiro atoms. The first-order chi connectivity index (χ1) is 12.4. The van der Waals surface area contributed by atoms with E-state index in [1.807, 2.05) is 6.92 Å². The van der Waals surface area contributed by atoms with Crippen molar-refractivity contribution in [3.63, 3.8) is 0 Å². The third kappa shape index (κ3) is 4.63. The van der Waals surface area contributed by atoms with E-state index in [-0.39, 0.29) is 17.2 Å². The highest BCUT2D eigenvalue weighted by atomic mass is 32.2. The molecule has 0 aliphatic heterocycles. The molecule has 0 aliphatic carbocycles. The summed E-state index contributed by atoms with van der Waals surface area (Å²) in [5, 5.41) is 0.979. The van der Waals surface area contributed by atoms with Crippen LogP contribution in [-0.2, 0) is 23.0 Å². The van der Waals surface area contributed by atoms with Gasteiger partial charge in [0.1, 0.15) is 16.9 Å². The molecular weight excluding hydrogens is 374 g/mol. The lowest BCUT2D eigenvalue weighted by Crippen LogP contribution is -2.22. The number of ketones is 1. The molecule has 3 rings (SSSR count). The average molecular weight is 391 g/mol. The molecule has 3 aromatic heterocycles. The standard InChI is InChI=1S/C17H17N3O4S2/c1-12-18-10-14(25-12)3-5-17(21)16-4-2-13(8-19-16)9-20-26(22,23)15-6-7-24-11-15/h2,4,6-8,10-11,20H,3,5,9H2,1H3. The molecule has 0 saturated carbocycles. The van der Waals surface area contributed by atoms with Crippen LogP contribution in [-0.4, -0.2) is 24.2 Å².